The Balaban J connectivity index is 2.16. The van der Waals surface area contributed by atoms with Gasteiger partial charge in [0.05, 0.1) is 16.6 Å². The molecule has 22 heavy (non-hydrogen) atoms. The van der Waals surface area contributed by atoms with E-state index in [2.05, 4.69) is 4.98 Å². The van der Waals surface area contributed by atoms with Crippen molar-refractivity contribution in [2.75, 3.05) is 0 Å². The minimum atomic E-state index is -0.359. The van der Waals surface area contributed by atoms with E-state index >= 15 is 0 Å². The first kappa shape index (κ1) is 12.7. The summed E-state index contributed by atoms with van der Waals surface area (Å²) in [6.07, 6.45) is 3.01. The van der Waals surface area contributed by atoms with Crippen LogP contribution in [-0.4, -0.2) is 4.98 Å². The molecular weight excluding hydrogens is 281 g/mol. The van der Waals surface area contributed by atoms with Crippen LogP contribution in [0.2, 0.25) is 0 Å². The Hall–Kier alpha value is -3.01. The van der Waals surface area contributed by atoms with Crippen LogP contribution in [0.1, 0.15) is 0 Å². The monoisotopic (exact) mass is 291 g/mol. The van der Waals surface area contributed by atoms with Gasteiger partial charge in [0.25, 0.3) is 0 Å². The molecule has 2 heterocycles. The van der Waals surface area contributed by atoms with Crippen LogP contribution in [0.15, 0.2) is 70.2 Å². The van der Waals surface area contributed by atoms with Crippen LogP contribution >= 0.6 is 0 Å². The maximum atomic E-state index is 13.9. The Morgan fingerprint density at radius 2 is 1.86 bits per heavy atom. The average molecular weight is 291 g/mol. The second-order valence-corrected chi connectivity index (χ2v) is 4.97. The quantitative estimate of drug-likeness (QED) is 0.495. The van der Waals surface area contributed by atoms with E-state index < -0.39 is 0 Å². The lowest BCUT2D eigenvalue weighted by Crippen LogP contribution is -2.06. The number of benzene rings is 2. The first-order valence-electron chi connectivity index (χ1n) is 6.80. The maximum Gasteiger partial charge on any atom is 0.202 e. The number of aromatic nitrogens is 1. The lowest BCUT2D eigenvalue weighted by Gasteiger charge is -2.05. The molecule has 0 aliphatic heterocycles. The zero-order chi connectivity index (χ0) is 15.1. The van der Waals surface area contributed by atoms with Gasteiger partial charge in [-0.25, -0.2) is 4.39 Å². The van der Waals surface area contributed by atoms with Gasteiger partial charge in [-0.2, -0.15) is 0 Å². The van der Waals surface area contributed by atoms with Crippen LogP contribution in [0.5, 0.6) is 0 Å². The molecule has 0 aliphatic rings. The highest BCUT2D eigenvalue weighted by Gasteiger charge is 2.13. The third-order valence-corrected chi connectivity index (χ3v) is 3.69. The highest BCUT2D eigenvalue weighted by Crippen LogP contribution is 2.26. The lowest BCUT2D eigenvalue weighted by molar-refractivity contribution is 0.604. The van der Waals surface area contributed by atoms with Gasteiger partial charge in [0.1, 0.15) is 17.7 Å². The Labute approximate surface area is 124 Å². The van der Waals surface area contributed by atoms with Crippen molar-refractivity contribution in [1.29, 1.82) is 0 Å². The lowest BCUT2D eigenvalue weighted by atomic mass is 10.0. The predicted molar refractivity (Wildman–Crippen MR) is 83.2 cm³/mol. The summed E-state index contributed by atoms with van der Waals surface area (Å²) in [5, 5.41) is 1.32. The van der Waals surface area contributed by atoms with Gasteiger partial charge in [-0.15, -0.1) is 0 Å². The molecule has 2 aromatic heterocycles. The van der Waals surface area contributed by atoms with Crippen molar-refractivity contribution >= 4 is 21.7 Å². The van der Waals surface area contributed by atoms with Gasteiger partial charge in [0, 0.05) is 11.6 Å². The van der Waals surface area contributed by atoms with Crippen LogP contribution in [0, 0.1) is 5.82 Å². The third-order valence-electron chi connectivity index (χ3n) is 3.69. The number of pyridine rings is 1. The van der Waals surface area contributed by atoms with Gasteiger partial charge in [-0.05, 0) is 35.7 Å². The van der Waals surface area contributed by atoms with Crippen molar-refractivity contribution in [1.82, 2.24) is 4.98 Å². The summed E-state index contributed by atoms with van der Waals surface area (Å²) in [5.74, 6) is -0.359. The zero-order valence-electron chi connectivity index (χ0n) is 11.4. The Morgan fingerprint density at radius 1 is 0.955 bits per heavy atom. The normalized spacial score (nSPS) is 11.1. The van der Waals surface area contributed by atoms with Crippen LogP contribution in [0.25, 0.3) is 33.0 Å². The van der Waals surface area contributed by atoms with Crippen molar-refractivity contribution < 1.29 is 8.81 Å². The van der Waals surface area contributed by atoms with Crippen molar-refractivity contribution in [3.05, 3.63) is 77.0 Å². The topological polar surface area (TPSA) is 43.1 Å². The molecule has 0 spiro atoms. The molecule has 0 fully saturated rings. The van der Waals surface area contributed by atoms with Crippen molar-refractivity contribution in [3.63, 3.8) is 0 Å². The fourth-order valence-electron chi connectivity index (χ4n) is 2.64. The summed E-state index contributed by atoms with van der Waals surface area (Å²) >= 11 is 0. The van der Waals surface area contributed by atoms with Gasteiger partial charge < -0.3 is 4.42 Å². The molecule has 0 saturated carbocycles. The Morgan fingerprint density at radius 3 is 2.68 bits per heavy atom. The first-order chi connectivity index (χ1) is 10.8. The molecule has 0 radical (unpaired) electrons. The molecule has 0 unspecified atom stereocenters. The fourth-order valence-corrected chi connectivity index (χ4v) is 2.64. The molecule has 2 aromatic carbocycles. The zero-order valence-corrected chi connectivity index (χ0v) is 11.4. The fraction of sp³-hybridized carbons (Fsp3) is 0. The SMILES string of the molecule is O=c1c(-c2ccccn2)coc2ccc3c(F)cccc3c12. The van der Waals surface area contributed by atoms with Crippen molar-refractivity contribution in [3.8, 4) is 11.3 Å². The molecule has 4 rings (SSSR count). The number of fused-ring (bicyclic) bond motifs is 3. The number of hydrogen-bond acceptors (Lipinski definition) is 3. The summed E-state index contributed by atoms with van der Waals surface area (Å²) in [5.41, 5.74) is 1.12. The van der Waals surface area contributed by atoms with Crippen LogP contribution in [0.4, 0.5) is 4.39 Å². The van der Waals surface area contributed by atoms with E-state index in [1.807, 2.05) is 0 Å². The molecule has 4 aromatic rings. The number of rotatable bonds is 1. The smallest absolute Gasteiger partial charge is 0.202 e. The summed E-state index contributed by atoms with van der Waals surface area (Å²) < 4.78 is 19.5. The molecule has 0 atom stereocenters. The Bertz CT molecular complexity index is 1060. The molecule has 0 saturated heterocycles. The van der Waals surface area contributed by atoms with Crippen LogP contribution in [-0.2, 0) is 0 Å². The minimum Gasteiger partial charge on any atom is -0.463 e. The largest absolute Gasteiger partial charge is 0.463 e. The number of halogens is 1. The van der Waals surface area contributed by atoms with E-state index in [-0.39, 0.29) is 11.2 Å². The standard InChI is InChI=1S/C18H10FNO2/c19-14-5-3-4-12-11(14)7-8-16-17(12)18(21)13(10-22-16)15-6-1-2-9-20-15/h1-10H. The van der Waals surface area contributed by atoms with Crippen molar-refractivity contribution in [2.45, 2.75) is 0 Å². The van der Waals surface area contributed by atoms with E-state index in [1.165, 1.54) is 12.3 Å². The molecule has 0 amide bonds. The van der Waals surface area contributed by atoms with Gasteiger partial charge in [0.15, 0.2) is 0 Å². The molecule has 106 valence electrons. The summed E-state index contributed by atoms with van der Waals surface area (Å²) in [6, 6.07) is 13.2. The van der Waals surface area contributed by atoms with Crippen LogP contribution < -0.4 is 5.43 Å². The summed E-state index contributed by atoms with van der Waals surface area (Å²) in [7, 11) is 0. The third kappa shape index (κ3) is 1.81. The molecular formula is C18H10FNO2. The van der Waals surface area contributed by atoms with E-state index in [9.17, 15) is 9.18 Å². The molecule has 3 nitrogen and oxygen atoms in total. The highest BCUT2D eigenvalue weighted by molar-refractivity contribution is 6.06. The first-order valence-corrected chi connectivity index (χ1v) is 6.80. The molecule has 0 aliphatic carbocycles. The molecule has 0 bridgehead atoms. The van der Waals surface area contributed by atoms with E-state index in [1.54, 1.807) is 48.7 Å². The minimum absolute atomic E-state index is 0.212. The van der Waals surface area contributed by atoms with Gasteiger partial charge in [0.2, 0.25) is 5.43 Å². The van der Waals surface area contributed by atoms with Gasteiger partial charge in [-0.1, -0.05) is 18.2 Å². The van der Waals surface area contributed by atoms with Gasteiger partial charge >= 0.3 is 0 Å². The number of hydrogen-bond donors (Lipinski definition) is 0. The average Bonchev–Trinajstić information content (AvgIpc) is 2.56. The van der Waals surface area contributed by atoms with E-state index in [0.717, 1.165) is 0 Å². The summed E-state index contributed by atoms with van der Waals surface area (Å²) in [6.45, 7) is 0. The number of nitrogens with zero attached hydrogens (tertiary/aromatic N) is 1. The van der Waals surface area contributed by atoms with E-state index in [4.69, 9.17) is 4.42 Å². The molecule has 0 N–H and O–H groups in total. The Kier molecular flexibility index (Phi) is 2.76. The predicted octanol–water partition coefficient (Wildman–Crippen LogP) is 4.15. The summed E-state index contributed by atoms with van der Waals surface area (Å²) in [4.78, 5) is 17.0. The van der Waals surface area contributed by atoms with Crippen LogP contribution in [0.3, 0.4) is 0 Å². The van der Waals surface area contributed by atoms with Crippen molar-refractivity contribution in [2.24, 2.45) is 0 Å². The highest BCUT2D eigenvalue weighted by atomic mass is 19.1. The maximum absolute atomic E-state index is 13.9. The van der Waals surface area contributed by atoms with Gasteiger partial charge in [-0.3, -0.25) is 9.78 Å². The van der Waals surface area contributed by atoms with E-state index in [0.29, 0.717) is 33.0 Å². The molecule has 4 heteroatoms. The second kappa shape index (κ2) is 4.77. The second-order valence-electron chi connectivity index (χ2n) is 4.97.